The van der Waals surface area contributed by atoms with E-state index in [4.69, 9.17) is 11.6 Å². The average Bonchev–Trinajstić information content (AvgIpc) is 2.52. The second-order valence-corrected chi connectivity index (χ2v) is 4.43. The summed E-state index contributed by atoms with van der Waals surface area (Å²) in [5, 5.41) is 1.85. The number of benzene rings is 1. The largest absolute Gasteiger partial charge is 0.249 e. The molecule has 0 N–H and O–H groups in total. The van der Waals surface area contributed by atoms with Gasteiger partial charge < -0.3 is 0 Å². The summed E-state index contributed by atoms with van der Waals surface area (Å²) >= 11 is 7.57. The molecule has 66 valence electrons. The van der Waals surface area contributed by atoms with Crippen LogP contribution in [-0.2, 0) is 0 Å². The Morgan fingerprint density at radius 2 is 2.23 bits per heavy atom. The lowest BCUT2D eigenvalue weighted by Gasteiger charge is -1.95. The Hall–Kier alpha value is -0.860. The van der Waals surface area contributed by atoms with Crippen molar-refractivity contribution in [1.82, 2.24) is 4.98 Å². The zero-order chi connectivity index (χ0) is 9.26. The third-order valence-electron chi connectivity index (χ3n) is 1.73. The topological polar surface area (TPSA) is 12.9 Å². The molecule has 0 unspecified atom stereocenters. The summed E-state index contributed by atoms with van der Waals surface area (Å²) in [4.78, 5) is 5.36. The van der Waals surface area contributed by atoms with Gasteiger partial charge in [0.1, 0.15) is 0 Å². The maximum absolute atomic E-state index is 5.89. The van der Waals surface area contributed by atoms with E-state index in [0.29, 0.717) is 0 Å². The molecule has 0 bridgehead atoms. The SMILES string of the molecule is Cc1ncc(-c2cccc(Cl)c2)s1. The second-order valence-electron chi connectivity index (χ2n) is 2.75. The lowest BCUT2D eigenvalue weighted by molar-refractivity contribution is 1.30. The first-order valence-corrected chi connectivity index (χ1v) is 5.13. The van der Waals surface area contributed by atoms with Crippen molar-refractivity contribution in [2.45, 2.75) is 6.92 Å². The van der Waals surface area contributed by atoms with Gasteiger partial charge in [-0.25, -0.2) is 4.98 Å². The summed E-state index contributed by atoms with van der Waals surface area (Å²) in [5.41, 5.74) is 1.14. The van der Waals surface area contributed by atoms with Gasteiger partial charge in [0.25, 0.3) is 0 Å². The van der Waals surface area contributed by atoms with Gasteiger partial charge in [-0.05, 0) is 24.6 Å². The van der Waals surface area contributed by atoms with E-state index in [0.717, 1.165) is 15.6 Å². The normalized spacial score (nSPS) is 10.3. The standard InChI is InChI=1S/C10H8ClNS/c1-7-12-6-10(13-7)8-3-2-4-9(11)5-8/h2-6H,1H3. The number of aromatic nitrogens is 1. The van der Waals surface area contributed by atoms with Crippen molar-refractivity contribution in [2.75, 3.05) is 0 Å². The first kappa shape index (κ1) is 8.73. The van der Waals surface area contributed by atoms with Gasteiger partial charge in [-0.3, -0.25) is 0 Å². The maximum Gasteiger partial charge on any atom is 0.0900 e. The van der Waals surface area contributed by atoms with Crippen LogP contribution in [0.4, 0.5) is 0 Å². The number of rotatable bonds is 1. The van der Waals surface area contributed by atoms with E-state index >= 15 is 0 Å². The molecule has 0 saturated carbocycles. The molecule has 0 fully saturated rings. The molecule has 0 aliphatic carbocycles. The van der Waals surface area contributed by atoms with Crippen molar-refractivity contribution in [3.05, 3.63) is 40.5 Å². The Morgan fingerprint density at radius 1 is 1.38 bits per heavy atom. The molecule has 0 spiro atoms. The minimum Gasteiger partial charge on any atom is -0.249 e. The van der Waals surface area contributed by atoms with Crippen LogP contribution in [0.3, 0.4) is 0 Å². The highest BCUT2D eigenvalue weighted by molar-refractivity contribution is 7.15. The van der Waals surface area contributed by atoms with E-state index in [1.54, 1.807) is 11.3 Å². The van der Waals surface area contributed by atoms with Crippen LogP contribution in [0.1, 0.15) is 5.01 Å². The van der Waals surface area contributed by atoms with Crippen LogP contribution >= 0.6 is 22.9 Å². The van der Waals surface area contributed by atoms with Gasteiger partial charge in [0.05, 0.1) is 9.88 Å². The van der Waals surface area contributed by atoms with Gasteiger partial charge in [0, 0.05) is 11.2 Å². The van der Waals surface area contributed by atoms with Crippen LogP contribution in [0.15, 0.2) is 30.5 Å². The number of nitrogens with zero attached hydrogens (tertiary/aromatic N) is 1. The first-order chi connectivity index (χ1) is 6.25. The van der Waals surface area contributed by atoms with Gasteiger partial charge in [-0.2, -0.15) is 0 Å². The number of hydrogen-bond donors (Lipinski definition) is 0. The van der Waals surface area contributed by atoms with E-state index in [9.17, 15) is 0 Å². The first-order valence-electron chi connectivity index (χ1n) is 3.94. The van der Waals surface area contributed by atoms with Crippen molar-refractivity contribution in [1.29, 1.82) is 0 Å². The number of halogens is 1. The summed E-state index contributed by atoms with van der Waals surface area (Å²) in [5.74, 6) is 0. The van der Waals surface area contributed by atoms with Crippen LogP contribution in [0, 0.1) is 6.92 Å². The molecule has 13 heavy (non-hydrogen) atoms. The molecule has 0 radical (unpaired) electrons. The van der Waals surface area contributed by atoms with Crippen LogP contribution in [0.25, 0.3) is 10.4 Å². The smallest absolute Gasteiger partial charge is 0.0900 e. The molecule has 2 aromatic rings. The molecule has 0 saturated heterocycles. The fourth-order valence-corrected chi connectivity index (χ4v) is 2.10. The summed E-state index contributed by atoms with van der Waals surface area (Å²) in [7, 11) is 0. The van der Waals surface area contributed by atoms with Crippen molar-refractivity contribution < 1.29 is 0 Å². The Kier molecular flexibility index (Phi) is 2.34. The van der Waals surface area contributed by atoms with E-state index in [-0.39, 0.29) is 0 Å². The molecular weight excluding hydrogens is 202 g/mol. The molecule has 3 heteroatoms. The van der Waals surface area contributed by atoms with Crippen molar-refractivity contribution in [2.24, 2.45) is 0 Å². The highest BCUT2D eigenvalue weighted by atomic mass is 35.5. The summed E-state index contributed by atoms with van der Waals surface area (Å²) in [6, 6.07) is 7.82. The molecule has 1 aromatic heterocycles. The van der Waals surface area contributed by atoms with Crippen LogP contribution < -0.4 is 0 Å². The zero-order valence-corrected chi connectivity index (χ0v) is 8.69. The third kappa shape index (κ3) is 1.90. The number of aryl methyl sites for hydroxylation is 1. The molecule has 0 atom stereocenters. The Bertz CT molecular complexity index is 422. The predicted molar refractivity (Wildman–Crippen MR) is 57.3 cm³/mol. The molecule has 0 aliphatic heterocycles. The van der Waals surface area contributed by atoms with Gasteiger partial charge in [0.15, 0.2) is 0 Å². The zero-order valence-electron chi connectivity index (χ0n) is 7.12. The summed E-state index contributed by atoms with van der Waals surface area (Å²) in [6.45, 7) is 2.00. The molecule has 2 rings (SSSR count). The van der Waals surface area contributed by atoms with Crippen molar-refractivity contribution in [3.63, 3.8) is 0 Å². The number of thiazole rings is 1. The van der Waals surface area contributed by atoms with Crippen molar-refractivity contribution >= 4 is 22.9 Å². The lowest BCUT2D eigenvalue weighted by Crippen LogP contribution is -1.70. The van der Waals surface area contributed by atoms with Crippen LogP contribution in [0.2, 0.25) is 5.02 Å². The fourth-order valence-electron chi connectivity index (χ4n) is 1.14. The fraction of sp³-hybridized carbons (Fsp3) is 0.100. The van der Waals surface area contributed by atoms with E-state index in [1.165, 1.54) is 4.88 Å². The highest BCUT2D eigenvalue weighted by Crippen LogP contribution is 2.27. The van der Waals surface area contributed by atoms with Gasteiger partial charge in [-0.1, -0.05) is 23.7 Å². The summed E-state index contributed by atoms with van der Waals surface area (Å²) < 4.78 is 0. The maximum atomic E-state index is 5.89. The van der Waals surface area contributed by atoms with Crippen molar-refractivity contribution in [3.8, 4) is 10.4 Å². The molecule has 1 heterocycles. The third-order valence-corrected chi connectivity index (χ3v) is 2.93. The Morgan fingerprint density at radius 3 is 2.85 bits per heavy atom. The molecular formula is C10H8ClNS. The minimum atomic E-state index is 0.767. The predicted octanol–water partition coefficient (Wildman–Crippen LogP) is 3.77. The van der Waals surface area contributed by atoms with Gasteiger partial charge >= 0.3 is 0 Å². The monoisotopic (exact) mass is 209 g/mol. The molecule has 0 aliphatic rings. The van der Waals surface area contributed by atoms with E-state index < -0.39 is 0 Å². The Labute approximate surface area is 86.0 Å². The summed E-state index contributed by atoms with van der Waals surface area (Å²) in [6.07, 6.45) is 1.88. The minimum absolute atomic E-state index is 0.767. The van der Waals surface area contributed by atoms with E-state index in [2.05, 4.69) is 4.98 Å². The Balaban J connectivity index is 2.46. The molecule has 0 amide bonds. The molecule has 1 nitrogen and oxygen atoms in total. The van der Waals surface area contributed by atoms with Gasteiger partial charge in [0.2, 0.25) is 0 Å². The van der Waals surface area contributed by atoms with Crippen LogP contribution in [-0.4, -0.2) is 4.98 Å². The number of hydrogen-bond acceptors (Lipinski definition) is 2. The van der Waals surface area contributed by atoms with Gasteiger partial charge in [-0.15, -0.1) is 11.3 Å². The quantitative estimate of drug-likeness (QED) is 0.697. The highest BCUT2D eigenvalue weighted by Gasteiger charge is 2.01. The van der Waals surface area contributed by atoms with Crippen LogP contribution in [0.5, 0.6) is 0 Å². The molecule has 1 aromatic carbocycles. The van der Waals surface area contributed by atoms with E-state index in [1.807, 2.05) is 37.4 Å². The average molecular weight is 210 g/mol. The lowest BCUT2D eigenvalue weighted by atomic mass is 10.2. The second kappa shape index (κ2) is 3.48.